The highest BCUT2D eigenvalue weighted by atomic mass is 19.1. The van der Waals surface area contributed by atoms with Gasteiger partial charge in [-0.05, 0) is 42.0 Å². The lowest BCUT2D eigenvalue weighted by molar-refractivity contribution is 0.628. The number of halogens is 1. The van der Waals surface area contributed by atoms with Crippen LogP contribution in [0.15, 0.2) is 88.1 Å². The van der Waals surface area contributed by atoms with E-state index in [9.17, 15) is 9.18 Å². The van der Waals surface area contributed by atoms with Crippen molar-refractivity contribution in [2.24, 2.45) is 7.05 Å². The van der Waals surface area contributed by atoms with Crippen molar-refractivity contribution >= 4 is 33.4 Å². The molecule has 1 N–H and O–H groups in total. The number of pyridine rings is 1. The second-order valence-electron chi connectivity index (χ2n) is 6.89. The molecule has 0 unspecified atom stereocenters. The Bertz CT molecular complexity index is 1420. The van der Waals surface area contributed by atoms with Crippen molar-refractivity contribution in [3.05, 3.63) is 95.0 Å². The monoisotopic (exact) mass is 384 g/mol. The molecule has 0 atom stereocenters. The molecule has 0 bridgehead atoms. The van der Waals surface area contributed by atoms with Crippen molar-refractivity contribution in [1.29, 1.82) is 0 Å². The fourth-order valence-corrected chi connectivity index (χ4v) is 3.72. The third-order valence-electron chi connectivity index (χ3n) is 5.08. The van der Waals surface area contributed by atoms with Crippen LogP contribution in [0.5, 0.6) is 0 Å². The number of rotatable bonds is 3. The van der Waals surface area contributed by atoms with Crippen molar-refractivity contribution in [2.45, 2.75) is 0 Å². The lowest BCUT2D eigenvalue weighted by Gasteiger charge is -2.07. The van der Waals surface area contributed by atoms with Gasteiger partial charge in [0, 0.05) is 18.1 Å². The summed E-state index contributed by atoms with van der Waals surface area (Å²) in [6.45, 7) is 0. The maximum atomic E-state index is 14.0. The molecule has 2 heterocycles. The quantitative estimate of drug-likeness (QED) is 0.425. The van der Waals surface area contributed by atoms with Gasteiger partial charge < -0.3 is 14.3 Å². The SMILES string of the molecule is Cn1c(=O)c2c(-c3cccc(F)c3)c(Nc3ccccc3)oc2c2ccccc21. The highest BCUT2D eigenvalue weighted by Gasteiger charge is 2.23. The third-order valence-corrected chi connectivity index (χ3v) is 5.08. The first kappa shape index (κ1) is 17.3. The summed E-state index contributed by atoms with van der Waals surface area (Å²) in [6.07, 6.45) is 0. The molecule has 0 saturated heterocycles. The van der Waals surface area contributed by atoms with Gasteiger partial charge in [0.15, 0.2) is 5.58 Å². The number of fused-ring (bicyclic) bond motifs is 3. The maximum Gasteiger partial charge on any atom is 0.262 e. The number of para-hydroxylation sites is 2. The number of aromatic nitrogens is 1. The summed E-state index contributed by atoms with van der Waals surface area (Å²) in [5.74, 6) is 0.0328. The lowest BCUT2D eigenvalue weighted by atomic mass is 10.0. The molecule has 29 heavy (non-hydrogen) atoms. The highest BCUT2D eigenvalue weighted by Crippen LogP contribution is 2.40. The van der Waals surface area contributed by atoms with Gasteiger partial charge in [-0.3, -0.25) is 4.79 Å². The molecular weight excluding hydrogens is 367 g/mol. The number of anilines is 2. The van der Waals surface area contributed by atoms with E-state index in [4.69, 9.17) is 4.42 Å². The molecule has 5 heteroatoms. The molecule has 142 valence electrons. The zero-order valence-corrected chi connectivity index (χ0v) is 15.6. The largest absolute Gasteiger partial charge is 0.439 e. The van der Waals surface area contributed by atoms with Crippen LogP contribution in [0.4, 0.5) is 16.0 Å². The Morgan fingerprint density at radius 3 is 2.48 bits per heavy atom. The Morgan fingerprint density at radius 2 is 1.69 bits per heavy atom. The number of hydrogen-bond acceptors (Lipinski definition) is 3. The van der Waals surface area contributed by atoms with Crippen molar-refractivity contribution in [2.75, 3.05) is 5.32 Å². The van der Waals surface area contributed by atoms with Crippen molar-refractivity contribution in [1.82, 2.24) is 4.57 Å². The van der Waals surface area contributed by atoms with Gasteiger partial charge in [0.05, 0.1) is 16.5 Å². The van der Waals surface area contributed by atoms with Gasteiger partial charge in [0.25, 0.3) is 5.56 Å². The fourth-order valence-electron chi connectivity index (χ4n) is 3.72. The number of aryl methyl sites for hydroxylation is 1. The van der Waals surface area contributed by atoms with E-state index in [-0.39, 0.29) is 11.4 Å². The van der Waals surface area contributed by atoms with Gasteiger partial charge in [-0.15, -0.1) is 0 Å². The Hall–Kier alpha value is -3.86. The number of benzene rings is 3. The molecule has 4 nitrogen and oxygen atoms in total. The van der Waals surface area contributed by atoms with Crippen LogP contribution >= 0.6 is 0 Å². The first-order chi connectivity index (χ1) is 14.1. The van der Waals surface area contributed by atoms with Crippen LogP contribution < -0.4 is 10.9 Å². The Labute approximate surface area is 165 Å². The van der Waals surface area contributed by atoms with Crippen molar-refractivity contribution in [3.63, 3.8) is 0 Å². The first-order valence-electron chi connectivity index (χ1n) is 9.26. The molecule has 0 saturated carbocycles. The summed E-state index contributed by atoms with van der Waals surface area (Å²) in [5, 5.41) is 4.50. The minimum Gasteiger partial charge on any atom is -0.439 e. The van der Waals surface area contributed by atoms with Gasteiger partial charge in [-0.25, -0.2) is 4.39 Å². The van der Waals surface area contributed by atoms with Crippen molar-refractivity contribution in [3.8, 4) is 11.1 Å². The predicted octanol–water partition coefficient (Wildman–Crippen LogP) is 5.83. The van der Waals surface area contributed by atoms with Crippen LogP contribution in [-0.4, -0.2) is 4.57 Å². The molecule has 5 rings (SSSR count). The van der Waals surface area contributed by atoms with E-state index in [1.54, 1.807) is 23.7 Å². The summed E-state index contributed by atoms with van der Waals surface area (Å²) in [6, 6.07) is 23.3. The van der Waals surface area contributed by atoms with E-state index < -0.39 is 0 Å². The zero-order chi connectivity index (χ0) is 20.0. The van der Waals surface area contributed by atoms with Crippen LogP contribution in [0.2, 0.25) is 0 Å². The van der Waals surface area contributed by atoms with E-state index in [1.807, 2.05) is 54.6 Å². The molecule has 0 amide bonds. The summed E-state index contributed by atoms with van der Waals surface area (Å²) >= 11 is 0. The smallest absolute Gasteiger partial charge is 0.262 e. The van der Waals surface area contributed by atoms with E-state index in [0.29, 0.717) is 28.0 Å². The standard InChI is InChI=1S/C24H17FN2O2/c1-27-19-13-6-5-12-18(19)22-21(24(27)28)20(15-8-7-9-16(25)14-15)23(29-22)26-17-10-3-2-4-11-17/h2-14,26H,1H3. The zero-order valence-electron chi connectivity index (χ0n) is 15.6. The van der Waals surface area contributed by atoms with Crippen LogP contribution in [0, 0.1) is 5.82 Å². The van der Waals surface area contributed by atoms with Crippen LogP contribution in [0.1, 0.15) is 0 Å². The van der Waals surface area contributed by atoms with E-state index in [1.165, 1.54) is 12.1 Å². The Morgan fingerprint density at radius 1 is 0.931 bits per heavy atom. The molecule has 0 aliphatic rings. The molecule has 0 spiro atoms. The molecule has 0 aliphatic heterocycles. The minimum atomic E-state index is -0.375. The van der Waals surface area contributed by atoms with E-state index >= 15 is 0 Å². The second-order valence-corrected chi connectivity index (χ2v) is 6.89. The molecule has 5 aromatic rings. The van der Waals surface area contributed by atoms with Crippen molar-refractivity contribution < 1.29 is 8.81 Å². The highest BCUT2D eigenvalue weighted by molar-refractivity contribution is 6.11. The first-order valence-corrected chi connectivity index (χ1v) is 9.26. The molecular formula is C24H17FN2O2. The summed E-state index contributed by atoms with van der Waals surface area (Å²) in [5.41, 5.74) is 3.01. The number of nitrogens with zero attached hydrogens (tertiary/aromatic N) is 1. The van der Waals surface area contributed by atoms with E-state index in [2.05, 4.69) is 5.32 Å². The molecule has 0 radical (unpaired) electrons. The Kier molecular flexibility index (Phi) is 3.95. The number of hydrogen-bond donors (Lipinski definition) is 1. The molecule has 2 aromatic heterocycles. The molecule has 3 aromatic carbocycles. The Balaban J connectivity index is 1.90. The predicted molar refractivity (Wildman–Crippen MR) is 114 cm³/mol. The minimum absolute atomic E-state index is 0.192. The average Bonchev–Trinajstić information content (AvgIpc) is 3.12. The normalized spacial score (nSPS) is 11.2. The summed E-state index contributed by atoms with van der Waals surface area (Å²) < 4.78 is 21.8. The lowest BCUT2D eigenvalue weighted by Crippen LogP contribution is -2.17. The van der Waals surface area contributed by atoms with Gasteiger partial charge in [0.1, 0.15) is 5.82 Å². The van der Waals surface area contributed by atoms with Gasteiger partial charge in [-0.2, -0.15) is 0 Å². The molecule has 0 fully saturated rings. The average molecular weight is 384 g/mol. The maximum absolute atomic E-state index is 14.0. The number of furan rings is 1. The fraction of sp³-hybridized carbons (Fsp3) is 0.0417. The number of nitrogens with one attached hydrogen (secondary N) is 1. The van der Waals surface area contributed by atoms with Crippen LogP contribution in [0.25, 0.3) is 33.0 Å². The van der Waals surface area contributed by atoms with Gasteiger partial charge in [-0.1, -0.05) is 42.5 Å². The third kappa shape index (κ3) is 2.79. The molecule has 0 aliphatic carbocycles. The second kappa shape index (κ2) is 6.63. The van der Waals surface area contributed by atoms with E-state index in [0.717, 1.165) is 16.6 Å². The van der Waals surface area contributed by atoms with Crippen LogP contribution in [0.3, 0.4) is 0 Å². The van der Waals surface area contributed by atoms with Gasteiger partial charge in [0.2, 0.25) is 5.88 Å². The summed E-state index contributed by atoms with van der Waals surface area (Å²) in [7, 11) is 1.73. The van der Waals surface area contributed by atoms with Gasteiger partial charge >= 0.3 is 0 Å². The topological polar surface area (TPSA) is 47.2 Å². The summed E-state index contributed by atoms with van der Waals surface area (Å²) in [4.78, 5) is 13.3. The van der Waals surface area contributed by atoms with Crippen LogP contribution in [-0.2, 0) is 7.05 Å².